The van der Waals surface area contributed by atoms with E-state index in [-0.39, 0.29) is 18.1 Å². The molecule has 0 spiro atoms. The predicted molar refractivity (Wildman–Crippen MR) is 67.1 cm³/mol. The zero-order valence-corrected chi connectivity index (χ0v) is 10.9. The summed E-state index contributed by atoms with van der Waals surface area (Å²) < 4.78 is 10.9. The molecule has 5 heteroatoms. The van der Waals surface area contributed by atoms with Crippen molar-refractivity contribution in [1.29, 1.82) is 0 Å². The Morgan fingerprint density at radius 1 is 1.56 bits per heavy atom. The quantitative estimate of drug-likeness (QED) is 0.882. The Morgan fingerprint density at radius 3 is 2.94 bits per heavy atom. The van der Waals surface area contributed by atoms with E-state index in [2.05, 4.69) is 6.92 Å². The fourth-order valence-electron chi connectivity index (χ4n) is 2.22. The molecule has 0 radical (unpaired) electrons. The van der Waals surface area contributed by atoms with Crippen molar-refractivity contribution in [3.05, 3.63) is 23.7 Å². The fraction of sp³-hybridized carbons (Fsp3) is 0.615. The number of nitrogens with two attached hydrogens (primary N) is 1. The molecule has 1 fully saturated rings. The number of carbonyl (C=O) groups excluding carboxylic acids is 1. The lowest BCUT2D eigenvalue weighted by molar-refractivity contribution is -0.0681. The minimum Gasteiger partial charge on any atom is -0.467 e. The van der Waals surface area contributed by atoms with E-state index in [1.807, 2.05) is 11.8 Å². The summed E-state index contributed by atoms with van der Waals surface area (Å²) in [5.74, 6) is 0.624. The first-order valence-electron chi connectivity index (χ1n) is 6.36. The van der Waals surface area contributed by atoms with E-state index in [1.54, 1.807) is 6.07 Å². The van der Waals surface area contributed by atoms with Crippen molar-refractivity contribution in [1.82, 2.24) is 4.90 Å². The molecular formula is C13H20N2O3. The summed E-state index contributed by atoms with van der Waals surface area (Å²) >= 11 is 0. The van der Waals surface area contributed by atoms with Gasteiger partial charge in [0.05, 0.1) is 24.3 Å². The highest BCUT2D eigenvalue weighted by atomic mass is 16.5. The Morgan fingerprint density at radius 2 is 2.33 bits per heavy atom. The molecule has 1 aromatic heterocycles. The van der Waals surface area contributed by atoms with Gasteiger partial charge >= 0.3 is 0 Å². The van der Waals surface area contributed by atoms with Crippen LogP contribution in [-0.4, -0.2) is 36.1 Å². The molecule has 1 aromatic rings. The zero-order valence-electron chi connectivity index (χ0n) is 10.9. The normalized spacial score (nSPS) is 24.3. The molecule has 1 aliphatic heterocycles. The topological polar surface area (TPSA) is 68.7 Å². The fourth-order valence-corrected chi connectivity index (χ4v) is 2.22. The van der Waals surface area contributed by atoms with Gasteiger partial charge in [0.1, 0.15) is 12.0 Å². The van der Waals surface area contributed by atoms with Crippen LogP contribution in [0.1, 0.15) is 36.4 Å². The van der Waals surface area contributed by atoms with Crippen LogP contribution in [0.3, 0.4) is 0 Å². The molecule has 5 nitrogen and oxygen atoms in total. The molecule has 2 heterocycles. The van der Waals surface area contributed by atoms with E-state index in [9.17, 15) is 4.79 Å². The molecule has 100 valence electrons. The van der Waals surface area contributed by atoms with Crippen LogP contribution in [0.5, 0.6) is 0 Å². The van der Waals surface area contributed by atoms with Gasteiger partial charge in [-0.25, -0.2) is 0 Å². The number of furan rings is 1. The summed E-state index contributed by atoms with van der Waals surface area (Å²) in [5.41, 5.74) is 6.04. The molecule has 0 aliphatic carbocycles. The highest BCUT2D eigenvalue weighted by molar-refractivity contribution is 5.94. The van der Waals surface area contributed by atoms with Gasteiger partial charge in [-0.05, 0) is 19.4 Å². The molecule has 1 saturated heterocycles. The maximum atomic E-state index is 12.3. The van der Waals surface area contributed by atoms with Crippen molar-refractivity contribution in [3.63, 3.8) is 0 Å². The van der Waals surface area contributed by atoms with Gasteiger partial charge < -0.3 is 19.8 Å². The first kappa shape index (κ1) is 13.1. The Hall–Kier alpha value is -1.33. The number of morpholine rings is 1. The number of carbonyl (C=O) groups is 1. The Bertz CT molecular complexity index is 416. The van der Waals surface area contributed by atoms with Crippen molar-refractivity contribution >= 4 is 5.91 Å². The standard InChI is InChI=1S/C13H20N2O3/c1-3-11-7-15(6-9(2)18-11)13(16)10-4-12(5-14)17-8-10/h4,8-9,11H,3,5-7,14H2,1-2H3. The Balaban J connectivity index is 2.07. The highest BCUT2D eigenvalue weighted by Gasteiger charge is 2.28. The molecule has 0 saturated carbocycles. The van der Waals surface area contributed by atoms with Crippen molar-refractivity contribution in [2.45, 2.75) is 39.0 Å². The van der Waals surface area contributed by atoms with Crippen molar-refractivity contribution in [2.24, 2.45) is 5.73 Å². The van der Waals surface area contributed by atoms with E-state index < -0.39 is 0 Å². The average molecular weight is 252 g/mol. The number of hydrogen-bond donors (Lipinski definition) is 1. The molecule has 2 unspecified atom stereocenters. The summed E-state index contributed by atoms with van der Waals surface area (Å²) in [6.07, 6.45) is 2.59. The van der Waals surface area contributed by atoms with E-state index in [0.717, 1.165) is 6.42 Å². The maximum Gasteiger partial charge on any atom is 0.257 e. The highest BCUT2D eigenvalue weighted by Crippen LogP contribution is 2.17. The maximum absolute atomic E-state index is 12.3. The molecular weight excluding hydrogens is 232 g/mol. The third-order valence-electron chi connectivity index (χ3n) is 3.17. The van der Waals surface area contributed by atoms with Crippen LogP contribution >= 0.6 is 0 Å². The van der Waals surface area contributed by atoms with Gasteiger partial charge in [-0.2, -0.15) is 0 Å². The first-order valence-corrected chi connectivity index (χ1v) is 6.36. The molecule has 1 aliphatic rings. The van der Waals surface area contributed by atoms with E-state index >= 15 is 0 Å². The molecule has 2 N–H and O–H groups in total. The van der Waals surface area contributed by atoms with Crippen molar-refractivity contribution < 1.29 is 13.9 Å². The largest absolute Gasteiger partial charge is 0.467 e. The van der Waals surface area contributed by atoms with Gasteiger partial charge in [0, 0.05) is 13.1 Å². The summed E-state index contributed by atoms with van der Waals surface area (Å²) in [6, 6.07) is 1.71. The molecule has 0 bridgehead atoms. The predicted octanol–water partition coefficient (Wildman–Crippen LogP) is 1.38. The summed E-state index contributed by atoms with van der Waals surface area (Å²) in [4.78, 5) is 14.1. The van der Waals surface area contributed by atoms with Crippen LogP contribution in [0.25, 0.3) is 0 Å². The minimum absolute atomic E-state index is 0.00736. The van der Waals surface area contributed by atoms with Crippen LogP contribution < -0.4 is 5.73 Å². The zero-order chi connectivity index (χ0) is 13.1. The van der Waals surface area contributed by atoms with Crippen molar-refractivity contribution in [3.8, 4) is 0 Å². The summed E-state index contributed by atoms with van der Waals surface area (Å²) in [5, 5.41) is 0. The number of nitrogens with zero attached hydrogens (tertiary/aromatic N) is 1. The summed E-state index contributed by atoms with van der Waals surface area (Å²) in [7, 11) is 0. The minimum atomic E-state index is -0.00736. The average Bonchev–Trinajstić information content (AvgIpc) is 2.85. The van der Waals surface area contributed by atoms with Crippen LogP contribution in [0.2, 0.25) is 0 Å². The van der Waals surface area contributed by atoms with Crippen LogP contribution in [0.4, 0.5) is 0 Å². The SMILES string of the molecule is CCC1CN(C(=O)c2coc(CN)c2)CC(C)O1. The second kappa shape index (κ2) is 5.54. The van der Waals surface area contributed by atoms with Crippen LogP contribution in [0, 0.1) is 0 Å². The van der Waals surface area contributed by atoms with Crippen LogP contribution in [-0.2, 0) is 11.3 Å². The Labute approximate surface area is 107 Å². The summed E-state index contributed by atoms with van der Waals surface area (Å²) in [6.45, 7) is 5.63. The van der Waals surface area contributed by atoms with Gasteiger partial charge in [0.2, 0.25) is 0 Å². The smallest absolute Gasteiger partial charge is 0.257 e. The van der Waals surface area contributed by atoms with Gasteiger partial charge in [0.15, 0.2) is 0 Å². The first-order chi connectivity index (χ1) is 8.63. The van der Waals surface area contributed by atoms with Crippen LogP contribution in [0.15, 0.2) is 16.7 Å². The number of amides is 1. The monoisotopic (exact) mass is 252 g/mol. The van der Waals surface area contributed by atoms with Crippen molar-refractivity contribution in [2.75, 3.05) is 13.1 Å². The molecule has 0 aromatic carbocycles. The lowest BCUT2D eigenvalue weighted by Gasteiger charge is -2.36. The Kier molecular flexibility index (Phi) is 4.04. The second-order valence-electron chi connectivity index (χ2n) is 4.69. The number of ether oxygens (including phenoxy) is 1. The lowest BCUT2D eigenvalue weighted by atomic mass is 10.1. The van der Waals surface area contributed by atoms with Gasteiger partial charge in [-0.15, -0.1) is 0 Å². The van der Waals surface area contributed by atoms with Gasteiger partial charge in [0.25, 0.3) is 5.91 Å². The molecule has 1 amide bonds. The van der Waals surface area contributed by atoms with E-state index in [0.29, 0.717) is 31.0 Å². The molecule has 2 rings (SSSR count). The molecule has 18 heavy (non-hydrogen) atoms. The van der Waals surface area contributed by atoms with E-state index in [4.69, 9.17) is 14.9 Å². The number of hydrogen-bond acceptors (Lipinski definition) is 4. The number of rotatable bonds is 3. The third-order valence-corrected chi connectivity index (χ3v) is 3.17. The van der Waals surface area contributed by atoms with Gasteiger partial charge in [-0.1, -0.05) is 6.92 Å². The van der Waals surface area contributed by atoms with E-state index in [1.165, 1.54) is 6.26 Å². The lowest BCUT2D eigenvalue weighted by Crippen LogP contribution is -2.48. The third kappa shape index (κ3) is 2.73. The second-order valence-corrected chi connectivity index (χ2v) is 4.69. The van der Waals surface area contributed by atoms with Gasteiger partial charge in [-0.3, -0.25) is 4.79 Å². The molecule has 2 atom stereocenters.